The van der Waals surface area contributed by atoms with Crippen LogP contribution in [-0.4, -0.2) is 14.5 Å². The van der Waals surface area contributed by atoms with Gasteiger partial charge in [0.1, 0.15) is 11.3 Å². The molecule has 2 aromatic heterocycles. The van der Waals surface area contributed by atoms with Crippen molar-refractivity contribution in [3.8, 4) is 0 Å². The number of aromatic nitrogens is 3. The summed E-state index contributed by atoms with van der Waals surface area (Å²) in [5.74, 6) is 1.35. The zero-order chi connectivity index (χ0) is 13.1. The van der Waals surface area contributed by atoms with Crippen molar-refractivity contribution in [2.24, 2.45) is 10.8 Å². The minimum atomic E-state index is 0.249. The number of rotatable bonds is 2. The van der Waals surface area contributed by atoms with Gasteiger partial charge in [-0.05, 0) is 23.0 Å². The molecule has 0 atom stereocenters. The van der Waals surface area contributed by atoms with E-state index in [4.69, 9.17) is 11.6 Å². The number of imidazole rings is 1. The summed E-state index contributed by atoms with van der Waals surface area (Å²) < 4.78 is 2.24. The molecule has 0 radical (unpaired) electrons. The van der Waals surface area contributed by atoms with E-state index in [0.29, 0.717) is 11.9 Å². The summed E-state index contributed by atoms with van der Waals surface area (Å²) in [6, 6.07) is 4.33. The molecule has 1 saturated carbocycles. The Morgan fingerprint density at radius 3 is 2.50 bits per heavy atom. The standard InChI is InChI=1S/C14H18ClN3/c1-13(2)12(14(13,3)4)18-10(8-15)17-9-6-5-7-16-11(9)18/h5-7,12H,8H2,1-4H3. The zero-order valence-electron chi connectivity index (χ0n) is 11.2. The van der Waals surface area contributed by atoms with Crippen molar-refractivity contribution >= 4 is 22.8 Å². The number of halogens is 1. The first-order chi connectivity index (χ1) is 8.41. The minimum Gasteiger partial charge on any atom is -0.307 e. The summed E-state index contributed by atoms with van der Waals surface area (Å²) in [5.41, 5.74) is 2.39. The quantitative estimate of drug-likeness (QED) is 0.772. The third-order valence-corrected chi connectivity index (χ3v) is 5.08. The van der Waals surface area contributed by atoms with Gasteiger partial charge < -0.3 is 4.57 Å². The Balaban J connectivity index is 2.24. The SMILES string of the molecule is CC1(C)C(n2c(CCl)nc3cccnc32)C1(C)C. The number of nitrogens with zero attached hydrogens (tertiary/aromatic N) is 3. The van der Waals surface area contributed by atoms with Gasteiger partial charge in [-0.15, -0.1) is 11.6 Å². The lowest BCUT2D eigenvalue weighted by atomic mass is 10.0. The maximum Gasteiger partial charge on any atom is 0.160 e. The largest absolute Gasteiger partial charge is 0.307 e. The molecule has 96 valence electrons. The second-order valence-corrected chi connectivity index (χ2v) is 6.49. The normalized spacial score (nSPS) is 21.4. The average molecular weight is 264 g/mol. The molecule has 3 rings (SSSR count). The van der Waals surface area contributed by atoms with Crippen molar-refractivity contribution < 1.29 is 0 Å². The van der Waals surface area contributed by atoms with Gasteiger partial charge in [-0.25, -0.2) is 9.97 Å². The molecule has 0 amide bonds. The molecule has 0 N–H and O–H groups in total. The third-order valence-electron chi connectivity index (χ3n) is 4.84. The van der Waals surface area contributed by atoms with Gasteiger partial charge in [-0.2, -0.15) is 0 Å². The highest BCUT2D eigenvalue weighted by Crippen LogP contribution is 2.71. The molecule has 0 aliphatic heterocycles. The molecule has 0 aromatic carbocycles. The van der Waals surface area contributed by atoms with E-state index < -0.39 is 0 Å². The van der Waals surface area contributed by atoms with Crippen LogP contribution in [0.15, 0.2) is 18.3 Å². The van der Waals surface area contributed by atoms with Gasteiger partial charge in [0, 0.05) is 12.2 Å². The van der Waals surface area contributed by atoms with Crippen molar-refractivity contribution in [2.75, 3.05) is 0 Å². The Kier molecular flexibility index (Phi) is 2.31. The van der Waals surface area contributed by atoms with E-state index in [1.54, 1.807) is 0 Å². The number of hydrogen-bond donors (Lipinski definition) is 0. The second-order valence-electron chi connectivity index (χ2n) is 6.22. The molecule has 0 unspecified atom stereocenters. The molecule has 0 spiro atoms. The highest BCUT2D eigenvalue weighted by molar-refractivity contribution is 6.16. The number of alkyl halides is 1. The van der Waals surface area contributed by atoms with Gasteiger partial charge in [-0.3, -0.25) is 0 Å². The molecule has 1 fully saturated rings. The smallest absolute Gasteiger partial charge is 0.160 e. The van der Waals surface area contributed by atoms with E-state index in [1.807, 2.05) is 18.3 Å². The van der Waals surface area contributed by atoms with Crippen molar-refractivity contribution in [1.29, 1.82) is 0 Å². The first kappa shape index (κ1) is 12.0. The number of pyridine rings is 1. The fourth-order valence-corrected chi connectivity index (χ4v) is 3.34. The van der Waals surface area contributed by atoms with Crippen molar-refractivity contribution in [2.45, 2.75) is 39.6 Å². The monoisotopic (exact) mass is 263 g/mol. The van der Waals surface area contributed by atoms with Crippen LogP contribution in [0.5, 0.6) is 0 Å². The highest BCUT2D eigenvalue weighted by atomic mass is 35.5. The van der Waals surface area contributed by atoms with Gasteiger partial charge in [-0.1, -0.05) is 27.7 Å². The van der Waals surface area contributed by atoms with Gasteiger partial charge in [0.2, 0.25) is 0 Å². The predicted octanol–water partition coefficient (Wildman–Crippen LogP) is 3.78. The molecule has 2 heterocycles. The molecular formula is C14H18ClN3. The molecule has 2 aromatic rings. The van der Waals surface area contributed by atoms with E-state index in [9.17, 15) is 0 Å². The average Bonchev–Trinajstić information content (AvgIpc) is 2.62. The number of fused-ring (bicyclic) bond motifs is 1. The lowest BCUT2D eigenvalue weighted by molar-refractivity contribution is 0.457. The van der Waals surface area contributed by atoms with Crippen LogP contribution in [0, 0.1) is 10.8 Å². The van der Waals surface area contributed by atoms with Crippen LogP contribution in [0.2, 0.25) is 0 Å². The topological polar surface area (TPSA) is 30.7 Å². The van der Waals surface area contributed by atoms with E-state index >= 15 is 0 Å². The summed E-state index contributed by atoms with van der Waals surface area (Å²) in [6.07, 6.45) is 1.82. The van der Waals surface area contributed by atoms with E-state index in [2.05, 4.69) is 42.2 Å². The fraction of sp³-hybridized carbons (Fsp3) is 0.571. The summed E-state index contributed by atoms with van der Waals surface area (Å²) in [5, 5.41) is 0. The Bertz CT molecular complexity index is 599. The van der Waals surface area contributed by atoms with Crippen LogP contribution in [0.3, 0.4) is 0 Å². The van der Waals surface area contributed by atoms with Gasteiger partial charge >= 0.3 is 0 Å². The van der Waals surface area contributed by atoms with E-state index in [-0.39, 0.29) is 10.8 Å². The number of hydrogen-bond acceptors (Lipinski definition) is 2. The maximum absolute atomic E-state index is 6.05. The summed E-state index contributed by atoms with van der Waals surface area (Å²) in [4.78, 5) is 9.08. The van der Waals surface area contributed by atoms with Crippen molar-refractivity contribution in [3.05, 3.63) is 24.2 Å². The Labute approximate surface area is 112 Å². The first-order valence-electron chi connectivity index (χ1n) is 6.29. The molecule has 1 aliphatic carbocycles. The molecular weight excluding hydrogens is 246 g/mol. The molecule has 0 bridgehead atoms. The zero-order valence-corrected chi connectivity index (χ0v) is 12.0. The predicted molar refractivity (Wildman–Crippen MR) is 73.7 cm³/mol. The lowest BCUT2D eigenvalue weighted by Gasteiger charge is -2.09. The Morgan fingerprint density at radius 1 is 1.28 bits per heavy atom. The maximum atomic E-state index is 6.05. The van der Waals surface area contributed by atoms with Crippen LogP contribution in [-0.2, 0) is 5.88 Å². The molecule has 18 heavy (non-hydrogen) atoms. The summed E-state index contributed by atoms with van der Waals surface area (Å²) in [7, 11) is 0. The van der Waals surface area contributed by atoms with Crippen LogP contribution >= 0.6 is 11.6 Å². The van der Waals surface area contributed by atoms with Crippen molar-refractivity contribution in [1.82, 2.24) is 14.5 Å². The second kappa shape index (κ2) is 3.47. The van der Waals surface area contributed by atoms with Gasteiger partial charge in [0.25, 0.3) is 0 Å². The summed E-state index contributed by atoms with van der Waals surface area (Å²) >= 11 is 6.05. The van der Waals surface area contributed by atoms with Crippen LogP contribution in [0.25, 0.3) is 11.2 Å². The summed E-state index contributed by atoms with van der Waals surface area (Å²) in [6.45, 7) is 9.18. The lowest BCUT2D eigenvalue weighted by Crippen LogP contribution is -2.05. The van der Waals surface area contributed by atoms with Gasteiger partial charge in [0.15, 0.2) is 5.65 Å². The third kappa shape index (κ3) is 1.31. The van der Waals surface area contributed by atoms with Crippen LogP contribution < -0.4 is 0 Å². The van der Waals surface area contributed by atoms with Crippen LogP contribution in [0.1, 0.15) is 39.6 Å². The van der Waals surface area contributed by atoms with E-state index in [0.717, 1.165) is 17.0 Å². The van der Waals surface area contributed by atoms with Gasteiger partial charge in [0.05, 0.1) is 5.88 Å². The Hall–Kier alpha value is -1.09. The molecule has 1 aliphatic rings. The Morgan fingerprint density at radius 2 is 1.94 bits per heavy atom. The highest BCUT2D eigenvalue weighted by Gasteiger charge is 2.66. The van der Waals surface area contributed by atoms with Crippen molar-refractivity contribution in [3.63, 3.8) is 0 Å². The molecule has 0 saturated heterocycles. The minimum absolute atomic E-state index is 0.249. The first-order valence-corrected chi connectivity index (χ1v) is 6.82. The molecule has 3 nitrogen and oxygen atoms in total. The van der Waals surface area contributed by atoms with Crippen LogP contribution in [0.4, 0.5) is 0 Å². The van der Waals surface area contributed by atoms with E-state index in [1.165, 1.54) is 0 Å². The fourth-order valence-electron chi connectivity index (χ4n) is 3.15. The molecule has 4 heteroatoms.